The minimum absolute atomic E-state index is 0.125. The summed E-state index contributed by atoms with van der Waals surface area (Å²) in [6.07, 6.45) is 14.7. The minimum Gasteiger partial charge on any atom is -0.394 e. The predicted octanol–water partition coefficient (Wildman–Crippen LogP) is 3.22. The monoisotopic (exact) mass is 270 g/mol. The van der Waals surface area contributed by atoms with Crippen LogP contribution in [-0.2, 0) is 4.74 Å². The van der Waals surface area contributed by atoms with Crippen molar-refractivity contribution in [2.75, 3.05) is 13.2 Å². The normalized spacial score (nSPS) is 19.5. The Hall–Kier alpha value is -0.640. The zero-order valence-corrected chi connectivity index (χ0v) is 12.4. The summed E-state index contributed by atoms with van der Waals surface area (Å²) in [5.74, 6) is 0. The molecule has 0 spiro atoms. The van der Waals surface area contributed by atoms with Gasteiger partial charge in [0.2, 0.25) is 0 Å². The molecule has 1 rings (SSSR count). The van der Waals surface area contributed by atoms with Gasteiger partial charge >= 0.3 is 0 Å². The Morgan fingerprint density at radius 1 is 1.11 bits per heavy atom. The largest absolute Gasteiger partial charge is 0.394 e. The molecule has 0 amide bonds. The Bertz CT molecular complexity index is 232. The number of epoxide rings is 1. The van der Waals surface area contributed by atoms with Crippen LogP contribution in [0, 0.1) is 0 Å². The molecule has 2 atom stereocenters. The first-order chi connectivity index (χ1) is 9.24. The van der Waals surface area contributed by atoms with E-state index in [0.29, 0.717) is 12.5 Å². The van der Waals surface area contributed by atoms with Crippen molar-refractivity contribution in [2.45, 2.75) is 64.6 Å². The fourth-order valence-electron chi connectivity index (χ4n) is 1.47. The van der Waals surface area contributed by atoms with Gasteiger partial charge < -0.3 is 14.9 Å². The number of aliphatic hydroxyl groups excluding tert-OH is 2. The van der Waals surface area contributed by atoms with Crippen LogP contribution >= 0.6 is 0 Å². The molecule has 19 heavy (non-hydrogen) atoms. The maximum absolute atomic E-state index is 8.87. The smallest absolute Gasteiger partial charge is 0.0812 e. The van der Waals surface area contributed by atoms with Crippen molar-refractivity contribution in [3.63, 3.8) is 0 Å². The van der Waals surface area contributed by atoms with Crippen molar-refractivity contribution >= 4 is 0 Å². The third-order valence-corrected chi connectivity index (χ3v) is 2.74. The molecule has 1 heterocycles. The lowest BCUT2D eigenvalue weighted by Gasteiger charge is -2.02. The van der Waals surface area contributed by atoms with Gasteiger partial charge in [-0.25, -0.2) is 0 Å². The van der Waals surface area contributed by atoms with Gasteiger partial charge in [0.15, 0.2) is 0 Å². The Labute approximate surface area is 118 Å². The molecular weight excluding hydrogens is 240 g/mol. The molecule has 0 saturated carbocycles. The van der Waals surface area contributed by atoms with E-state index in [4.69, 9.17) is 14.9 Å². The maximum atomic E-state index is 8.87. The third kappa shape index (κ3) is 15.3. The third-order valence-electron chi connectivity index (χ3n) is 2.74. The van der Waals surface area contributed by atoms with Crippen molar-refractivity contribution in [3.05, 3.63) is 24.3 Å². The summed E-state index contributed by atoms with van der Waals surface area (Å²) in [7, 11) is 0. The lowest BCUT2D eigenvalue weighted by atomic mass is 10.2. The quantitative estimate of drug-likeness (QED) is 0.499. The van der Waals surface area contributed by atoms with Gasteiger partial charge in [-0.2, -0.15) is 0 Å². The van der Waals surface area contributed by atoms with E-state index in [1.54, 1.807) is 0 Å². The molecule has 1 fully saturated rings. The average molecular weight is 270 g/mol. The van der Waals surface area contributed by atoms with Crippen LogP contribution in [0.1, 0.15) is 52.4 Å². The van der Waals surface area contributed by atoms with Crippen molar-refractivity contribution in [1.82, 2.24) is 0 Å². The Morgan fingerprint density at radius 3 is 2.16 bits per heavy atom. The van der Waals surface area contributed by atoms with Gasteiger partial charge in [-0.3, -0.25) is 0 Å². The summed E-state index contributed by atoms with van der Waals surface area (Å²) in [4.78, 5) is 0. The molecular formula is C16H30O3. The van der Waals surface area contributed by atoms with E-state index < -0.39 is 6.10 Å². The van der Waals surface area contributed by atoms with Crippen LogP contribution in [0.15, 0.2) is 24.3 Å². The molecule has 2 N–H and O–H groups in total. The average Bonchev–Trinajstić information content (AvgIpc) is 3.24. The van der Waals surface area contributed by atoms with Crippen molar-refractivity contribution in [1.29, 1.82) is 0 Å². The van der Waals surface area contributed by atoms with Gasteiger partial charge in [0.1, 0.15) is 0 Å². The highest BCUT2D eigenvalue weighted by atomic mass is 16.6. The summed E-state index contributed by atoms with van der Waals surface area (Å²) in [5.41, 5.74) is 0. The molecule has 0 aromatic heterocycles. The molecule has 1 saturated heterocycles. The number of rotatable bonds is 9. The Kier molecular flexibility index (Phi) is 13.3. The van der Waals surface area contributed by atoms with Crippen LogP contribution in [0.3, 0.4) is 0 Å². The summed E-state index contributed by atoms with van der Waals surface area (Å²) >= 11 is 0. The van der Waals surface area contributed by atoms with E-state index in [-0.39, 0.29) is 6.61 Å². The zero-order valence-electron chi connectivity index (χ0n) is 12.4. The number of hydrogen-bond donors (Lipinski definition) is 2. The molecule has 3 nitrogen and oxygen atoms in total. The van der Waals surface area contributed by atoms with Gasteiger partial charge in [-0.1, -0.05) is 38.2 Å². The van der Waals surface area contributed by atoms with Crippen LogP contribution in [0.5, 0.6) is 0 Å². The first-order valence-electron chi connectivity index (χ1n) is 7.45. The van der Waals surface area contributed by atoms with Crippen molar-refractivity contribution in [2.24, 2.45) is 0 Å². The number of aliphatic hydroxyl groups is 2. The molecule has 0 bridgehead atoms. The molecule has 0 unspecified atom stereocenters. The van der Waals surface area contributed by atoms with Crippen LogP contribution in [-0.4, -0.2) is 35.6 Å². The Morgan fingerprint density at radius 2 is 1.68 bits per heavy atom. The first kappa shape index (κ1) is 18.4. The number of allylic oxidation sites excluding steroid dienone is 4. The number of hydrogen-bond acceptors (Lipinski definition) is 3. The van der Waals surface area contributed by atoms with Crippen LogP contribution in [0.2, 0.25) is 0 Å². The lowest BCUT2D eigenvalue weighted by Crippen LogP contribution is -2.10. The zero-order chi connectivity index (χ0) is 14.3. The van der Waals surface area contributed by atoms with Gasteiger partial charge in [-0.05, 0) is 38.5 Å². The first-order valence-corrected chi connectivity index (χ1v) is 7.45. The highest BCUT2D eigenvalue weighted by Crippen LogP contribution is 2.15. The predicted molar refractivity (Wildman–Crippen MR) is 80.2 cm³/mol. The van der Waals surface area contributed by atoms with E-state index in [0.717, 1.165) is 25.9 Å². The second-order valence-corrected chi connectivity index (χ2v) is 4.71. The Balaban J connectivity index is 0.000000342. The van der Waals surface area contributed by atoms with Crippen LogP contribution in [0.4, 0.5) is 0 Å². The molecule has 1 aliphatic heterocycles. The molecule has 0 aromatic rings. The van der Waals surface area contributed by atoms with E-state index in [9.17, 15) is 0 Å². The molecule has 0 radical (unpaired) electrons. The van der Waals surface area contributed by atoms with E-state index in [2.05, 4.69) is 32.1 Å². The highest BCUT2D eigenvalue weighted by molar-refractivity contribution is 4.83. The SMILES string of the molecule is CC/C=C\CC[C@@H](O)CO.CC/C=C\CC[C@@H]1CO1. The van der Waals surface area contributed by atoms with Crippen LogP contribution < -0.4 is 0 Å². The topological polar surface area (TPSA) is 53.0 Å². The van der Waals surface area contributed by atoms with E-state index >= 15 is 0 Å². The summed E-state index contributed by atoms with van der Waals surface area (Å²) in [6, 6.07) is 0. The lowest BCUT2D eigenvalue weighted by molar-refractivity contribution is 0.0891. The second kappa shape index (κ2) is 13.8. The highest BCUT2D eigenvalue weighted by Gasteiger charge is 2.20. The minimum atomic E-state index is -0.540. The second-order valence-electron chi connectivity index (χ2n) is 4.71. The van der Waals surface area contributed by atoms with Gasteiger partial charge in [-0.15, -0.1) is 0 Å². The van der Waals surface area contributed by atoms with E-state index in [1.807, 2.05) is 6.08 Å². The van der Waals surface area contributed by atoms with Gasteiger partial charge in [0, 0.05) is 0 Å². The van der Waals surface area contributed by atoms with Gasteiger partial charge in [0.25, 0.3) is 0 Å². The molecule has 0 aliphatic carbocycles. The summed E-state index contributed by atoms with van der Waals surface area (Å²) in [6.45, 7) is 5.10. The maximum Gasteiger partial charge on any atom is 0.0812 e. The summed E-state index contributed by atoms with van der Waals surface area (Å²) in [5, 5.41) is 17.3. The number of ether oxygens (including phenoxy) is 1. The van der Waals surface area contributed by atoms with Crippen molar-refractivity contribution < 1.29 is 14.9 Å². The summed E-state index contributed by atoms with van der Waals surface area (Å²) < 4.78 is 5.05. The fraction of sp³-hybridized carbons (Fsp3) is 0.750. The molecule has 3 heteroatoms. The molecule has 0 aromatic carbocycles. The van der Waals surface area contributed by atoms with Crippen LogP contribution in [0.25, 0.3) is 0 Å². The standard InChI is InChI=1S/C8H16O2.C8H14O/c1-2-3-4-5-6-8(10)7-9;1-2-3-4-5-6-8-7-9-8/h3-4,8-10H,2,5-7H2,1H3;3-4,8H,2,5-7H2,1H3/b2*4-3-/t2*8-/m11/s1. The fourth-order valence-corrected chi connectivity index (χ4v) is 1.47. The van der Waals surface area contributed by atoms with Gasteiger partial charge in [0.05, 0.1) is 25.4 Å². The van der Waals surface area contributed by atoms with Crippen molar-refractivity contribution in [3.8, 4) is 0 Å². The molecule has 1 aliphatic rings. The van der Waals surface area contributed by atoms with E-state index in [1.165, 1.54) is 12.8 Å². The molecule has 112 valence electrons.